The molecule has 0 saturated carbocycles. The minimum absolute atomic E-state index is 0.0337. The monoisotopic (exact) mass is 320 g/mol. The van der Waals surface area contributed by atoms with Gasteiger partial charge in [-0.3, -0.25) is 9.69 Å². The molecule has 1 aromatic rings. The summed E-state index contributed by atoms with van der Waals surface area (Å²) in [5.41, 5.74) is 1.28. The van der Waals surface area contributed by atoms with E-state index in [-0.39, 0.29) is 12.5 Å². The molecule has 1 aliphatic rings. The highest BCUT2D eigenvalue weighted by molar-refractivity contribution is 5.77. The van der Waals surface area contributed by atoms with Gasteiger partial charge in [-0.25, -0.2) is 0 Å². The van der Waals surface area contributed by atoms with E-state index in [0.717, 1.165) is 25.1 Å². The Morgan fingerprint density at radius 2 is 2.09 bits per heavy atom. The molecule has 1 heterocycles. The minimum atomic E-state index is -0.0337. The van der Waals surface area contributed by atoms with Crippen molar-refractivity contribution >= 4 is 5.91 Å². The molecule has 0 aliphatic carbocycles. The Hall–Kier alpha value is -1.59. The number of carbonyl (C=O) groups is 1. The van der Waals surface area contributed by atoms with Gasteiger partial charge in [0.05, 0.1) is 7.11 Å². The summed E-state index contributed by atoms with van der Waals surface area (Å²) in [7, 11) is 3.83. The fraction of sp³-hybridized carbons (Fsp3) is 0.611. The number of carbonyl (C=O) groups excluding carboxylic acids is 1. The molecule has 0 spiro atoms. The first kappa shape index (κ1) is 17.8. The summed E-state index contributed by atoms with van der Waals surface area (Å²) in [5, 5.41) is 3.01. The lowest BCUT2D eigenvalue weighted by atomic mass is 9.85. The highest BCUT2D eigenvalue weighted by Gasteiger charge is 2.30. The van der Waals surface area contributed by atoms with Crippen LogP contribution in [0.1, 0.15) is 31.4 Å². The van der Waals surface area contributed by atoms with Crippen LogP contribution in [0.15, 0.2) is 24.3 Å². The number of nitrogens with one attached hydrogen (secondary N) is 1. The molecule has 1 N–H and O–H groups in total. The van der Waals surface area contributed by atoms with Gasteiger partial charge < -0.3 is 14.8 Å². The molecule has 5 heteroatoms. The summed E-state index contributed by atoms with van der Waals surface area (Å²) in [6, 6.07) is 8.58. The van der Waals surface area contributed by atoms with E-state index in [1.807, 2.05) is 19.1 Å². The lowest BCUT2D eigenvalue weighted by Gasteiger charge is -2.39. The Labute approximate surface area is 139 Å². The zero-order valence-corrected chi connectivity index (χ0v) is 14.4. The molecule has 0 aromatic heterocycles. The van der Waals surface area contributed by atoms with Gasteiger partial charge in [-0.1, -0.05) is 12.1 Å². The molecular formula is C18H28N2O3. The maximum atomic E-state index is 11.8. The van der Waals surface area contributed by atoms with Crippen LogP contribution in [0.4, 0.5) is 0 Å². The van der Waals surface area contributed by atoms with Crippen LogP contribution in [0.3, 0.4) is 0 Å². The van der Waals surface area contributed by atoms with E-state index in [1.54, 1.807) is 7.11 Å². The van der Waals surface area contributed by atoms with Crippen LogP contribution in [-0.4, -0.2) is 51.3 Å². The summed E-state index contributed by atoms with van der Waals surface area (Å²) in [4.78, 5) is 14.2. The molecule has 1 fully saturated rings. The third kappa shape index (κ3) is 4.94. The second-order valence-electron chi connectivity index (χ2n) is 6.04. The second-order valence-corrected chi connectivity index (χ2v) is 6.04. The van der Waals surface area contributed by atoms with Gasteiger partial charge >= 0.3 is 0 Å². The van der Waals surface area contributed by atoms with Crippen molar-refractivity contribution in [1.29, 1.82) is 0 Å². The Balaban J connectivity index is 2.01. The molecule has 1 aromatic carbocycles. The van der Waals surface area contributed by atoms with Gasteiger partial charge in [-0.05, 0) is 57.0 Å². The summed E-state index contributed by atoms with van der Waals surface area (Å²) < 4.78 is 10.4. The number of amides is 1. The smallest absolute Gasteiger partial charge is 0.246 e. The zero-order chi connectivity index (χ0) is 16.7. The standard InChI is InChI=1S/C18H28N2O3/c1-4-23-13-17(21)19-12-15-6-5-11-20(2)18(15)14-7-9-16(22-3)10-8-14/h7-10,15,18H,4-6,11-13H2,1-3H3,(H,19,21)/t15-,18+/m0/s1. The first-order valence-corrected chi connectivity index (χ1v) is 8.34. The second kappa shape index (κ2) is 8.89. The molecule has 0 unspecified atom stereocenters. The Morgan fingerprint density at radius 1 is 1.35 bits per heavy atom. The number of hydrogen-bond donors (Lipinski definition) is 1. The van der Waals surface area contributed by atoms with Crippen LogP contribution in [-0.2, 0) is 9.53 Å². The van der Waals surface area contributed by atoms with Gasteiger partial charge in [-0.2, -0.15) is 0 Å². The molecule has 5 nitrogen and oxygen atoms in total. The van der Waals surface area contributed by atoms with E-state index in [9.17, 15) is 4.79 Å². The van der Waals surface area contributed by atoms with E-state index in [4.69, 9.17) is 9.47 Å². The molecular weight excluding hydrogens is 292 g/mol. The van der Waals surface area contributed by atoms with Crippen molar-refractivity contribution in [3.63, 3.8) is 0 Å². The normalized spacial score (nSPS) is 21.9. The van der Waals surface area contributed by atoms with Crippen LogP contribution in [0.5, 0.6) is 5.75 Å². The van der Waals surface area contributed by atoms with Crippen LogP contribution < -0.4 is 10.1 Å². The number of piperidine rings is 1. The molecule has 2 atom stereocenters. The van der Waals surface area contributed by atoms with Crippen molar-refractivity contribution < 1.29 is 14.3 Å². The van der Waals surface area contributed by atoms with Gasteiger partial charge in [0.1, 0.15) is 12.4 Å². The van der Waals surface area contributed by atoms with Gasteiger partial charge in [-0.15, -0.1) is 0 Å². The summed E-state index contributed by atoms with van der Waals surface area (Å²) in [5.74, 6) is 1.25. The molecule has 0 radical (unpaired) electrons. The first-order valence-electron chi connectivity index (χ1n) is 8.34. The average Bonchev–Trinajstić information content (AvgIpc) is 2.58. The van der Waals surface area contributed by atoms with Gasteiger partial charge in [0, 0.05) is 19.2 Å². The summed E-state index contributed by atoms with van der Waals surface area (Å²) >= 11 is 0. The Bertz CT molecular complexity index is 490. The third-order valence-electron chi connectivity index (χ3n) is 4.46. The van der Waals surface area contributed by atoms with E-state index in [1.165, 1.54) is 5.56 Å². The zero-order valence-electron chi connectivity index (χ0n) is 14.4. The van der Waals surface area contributed by atoms with Gasteiger partial charge in [0.15, 0.2) is 0 Å². The van der Waals surface area contributed by atoms with E-state index < -0.39 is 0 Å². The van der Waals surface area contributed by atoms with E-state index in [2.05, 4.69) is 29.4 Å². The predicted octanol–water partition coefficient (Wildman–Crippen LogP) is 2.23. The van der Waals surface area contributed by atoms with Crippen molar-refractivity contribution in [1.82, 2.24) is 10.2 Å². The number of benzene rings is 1. The number of likely N-dealkylation sites (tertiary alicyclic amines) is 1. The highest BCUT2D eigenvalue weighted by atomic mass is 16.5. The molecule has 1 amide bonds. The van der Waals surface area contributed by atoms with Gasteiger partial charge in [0.2, 0.25) is 5.91 Å². The molecule has 2 rings (SSSR count). The third-order valence-corrected chi connectivity index (χ3v) is 4.46. The Kier molecular flexibility index (Phi) is 6.86. The van der Waals surface area contributed by atoms with E-state index >= 15 is 0 Å². The average molecular weight is 320 g/mol. The van der Waals surface area contributed by atoms with Crippen LogP contribution in [0.25, 0.3) is 0 Å². The SMILES string of the molecule is CCOCC(=O)NC[C@@H]1CCCN(C)[C@@H]1c1ccc(OC)cc1. The van der Waals surface area contributed by atoms with Gasteiger partial charge in [0.25, 0.3) is 0 Å². The molecule has 0 bridgehead atoms. The highest BCUT2D eigenvalue weighted by Crippen LogP contribution is 2.35. The van der Waals surface area contributed by atoms with Crippen molar-refractivity contribution in [3.05, 3.63) is 29.8 Å². The number of nitrogens with zero attached hydrogens (tertiary/aromatic N) is 1. The molecule has 1 aliphatic heterocycles. The fourth-order valence-electron chi connectivity index (χ4n) is 3.29. The molecule has 1 saturated heterocycles. The number of ether oxygens (including phenoxy) is 2. The van der Waals surface area contributed by atoms with Crippen molar-refractivity contribution in [2.75, 3.05) is 40.5 Å². The van der Waals surface area contributed by atoms with Crippen molar-refractivity contribution in [2.24, 2.45) is 5.92 Å². The minimum Gasteiger partial charge on any atom is -0.497 e. The predicted molar refractivity (Wildman–Crippen MR) is 90.6 cm³/mol. The van der Waals surface area contributed by atoms with Crippen molar-refractivity contribution in [2.45, 2.75) is 25.8 Å². The van der Waals surface area contributed by atoms with Crippen LogP contribution in [0, 0.1) is 5.92 Å². The lowest BCUT2D eigenvalue weighted by molar-refractivity contribution is -0.125. The lowest BCUT2D eigenvalue weighted by Crippen LogP contribution is -2.42. The quantitative estimate of drug-likeness (QED) is 0.837. The summed E-state index contributed by atoms with van der Waals surface area (Å²) in [6.45, 7) is 4.37. The number of methoxy groups -OCH3 is 1. The maximum Gasteiger partial charge on any atom is 0.246 e. The van der Waals surface area contributed by atoms with E-state index in [0.29, 0.717) is 25.1 Å². The summed E-state index contributed by atoms with van der Waals surface area (Å²) in [6.07, 6.45) is 2.28. The largest absolute Gasteiger partial charge is 0.497 e. The van der Waals surface area contributed by atoms with Crippen molar-refractivity contribution in [3.8, 4) is 5.75 Å². The fourth-order valence-corrected chi connectivity index (χ4v) is 3.29. The number of hydrogen-bond acceptors (Lipinski definition) is 4. The molecule has 23 heavy (non-hydrogen) atoms. The first-order chi connectivity index (χ1) is 11.2. The molecule has 128 valence electrons. The van der Waals surface area contributed by atoms with Crippen LogP contribution in [0.2, 0.25) is 0 Å². The Morgan fingerprint density at radius 3 is 2.74 bits per heavy atom. The topological polar surface area (TPSA) is 50.8 Å². The number of rotatable bonds is 7. The maximum absolute atomic E-state index is 11.8. The van der Waals surface area contributed by atoms with Crippen LogP contribution >= 0.6 is 0 Å².